The van der Waals surface area contributed by atoms with Gasteiger partial charge in [0.25, 0.3) is 5.91 Å². The third kappa shape index (κ3) is 4.53. The van der Waals surface area contributed by atoms with Gasteiger partial charge in [-0.2, -0.15) is 0 Å². The van der Waals surface area contributed by atoms with Crippen molar-refractivity contribution in [2.45, 2.75) is 26.3 Å². The van der Waals surface area contributed by atoms with Crippen LogP contribution in [0, 0.1) is 5.92 Å². The number of carbonyl (C=O) groups is 3. The largest absolute Gasteiger partial charge is 0.450 e. The number of ether oxygens (including phenoxy) is 1. The fourth-order valence-electron chi connectivity index (χ4n) is 2.93. The molecule has 0 unspecified atom stereocenters. The highest BCUT2D eigenvalue weighted by molar-refractivity contribution is 5.94. The first-order chi connectivity index (χ1) is 12.6. The Labute approximate surface area is 153 Å². The zero-order valence-corrected chi connectivity index (χ0v) is 15.1. The van der Waals surface area contributed by atoms with E-state index in [2.05, 4.69) is 5.32 Å². The highest BCUT2D eigenvalue weighted by Crippen LogP contribution is 2.28. The van der Waals surface area contributed by atoms with E-state index in [1.54, 1.807) is 28.9 Å². The van der Waals surface area contributed by atoms with Crippen molar-refractivity contribution < 1.29 is 19.1 Å². The first-order valence-electron chi connectivity index (χ1n) is 9.16. The fourth-order valence-corrected chi connectivity index (χ4v) is 2.93. The molecule has 2 fully saturated rings. The molecule has 26 heavy (non-hydrogen) atoms. The molecular weight excluding hydrogens is 334 g/mol. The standard InChI is InChI=1S/C19H25N3O4/c1-2-26-19(25)22-11-9-21(10-12-22)18(24)16-5-3-14(4-6-16)13-20-17(23)15-7-8-15/h3-6,15H,2,7-13H2,1H3,(H,20,23). The van der Waals surface area contributed by atoms with Crippen LogP contribution in [-0.4, -0.2) is 60.5 Å². The van der Waals surface area contributed by atoms with Gasteiger partial charge < -0.3 is 19.9 Å². The molecule has 1 N–H and O–H groups in total. The third-order valence-corrected chi connectivity index (χ3v) is 4.71. The number of benzene rings is 1. The molecule has 1 heterocycles. The molecule has 0 bridgehead atoms. The molecule has 1 aliphatic carbocycles. The van der Waals surface area contributed by atoms with Crippen molar-refractivity contribution in [2.75, 3.05) is 32.8 Å². The van der Waals surface area contributed by atoms with Gasteiger partial charge in [0.2, 0.25) is 5.91 Å². The molecule has 0 atom stereocenters. The van der Waals surface area contributed by atoms with Crippen LogP contribution in [-0.2, 0) is 16.1 Å². The Morgan fingerprint density at radius 2 is 1.65 bits per heavy atom. The van der Waals surface area contributed by atoms with Crippen LogP contribution >= 0.6 is 0 Å². The normalized spacial score (nSPS) is 17.0. The van der Waals surface area contributed by atoms with Gasteiger partial charge in [0.05, 0.1) is 6.61 Å². The monoisotopic (exact) mass is 359 g/mol. The van der Waals surface area contributed by atoms with Crippen molar-refractivity contribution >= 4 is 17.9 Å². The average Bonchev–Trinajstić information content (AvgIpc) is 3.51. The van der Waals surface area contributed by atoms with E-state index < -0.39 is 0 Å². The molecule has 0 spiro atoms. The number of carbonyl (C=O) groups excluding carboxylic acids is 3. The summed E-state index contributed by atoms with van der Waals surface area (Å²) in [6.07, 6.45) is 1.66. The van der Waals surface area contributed by atoms with Crippen LogP contribution in [0.5, 0.6) is 0 Å². The molecule has 3 amide bonds. The van der Waals surface area contributed by atoms with Gasteiger partial charge in [-0.25, -0.2) is 4.79 Å². The summed E-state index contributed by atoms with van der Waals surface area (Å²) in [5.41, 5.74) is 1.59. The van der Waals surface area contributed by atoms with E-state index in [1.165, 1.54) is 0 Å². The van der Waals surface area contributed by atoms with Crippen molar-refractivity contribution in [3.05, 3.63) is 35.4 Å². The number of hydrogen-bond acceptors (Lipinski definition) is 4. The van der Waals surface area contributed by atoms with Crippen LogP contribution in [0.2, 0.25) is 0 Å². The Morgan fingerprint density at radius 1 is 1.04 bits per heavy atom. The third-order valence-electron chi connectivity index (χ3n) is 4.71. The van der Waals surface area contributed by atoms with Crippen LogP contribution in [0.1, 0.15) is 35.7 Å². The minimum absolute atomic E-state index is 0.0397. The van der Waals surface area contributed by atoms with Crippen LogP contribution in [0.3, 0.4) is 0 Å². The molecule has 140 valence electrons. The number of nitrogens with one attached hydrogen (secondary N) is 1. The van der Waals surface area contributed by atoms with Crippen LogP contribution in [0.4, 0.5) is 4.79 Å². The van der Waals surface area contributed by atoms with Crippen LogP contribution in [0.25, 0.3) is 0 Å². The lowest BCUT2D eigenvalue weighted by atomic mass is 10.1. The van der Waals surface area contributed by atoms with Gasteiger partial charge in [0, 0.05) is 44.2 Å². The van der Waals surface area contributed by atoms with Crippen molar-refractivity contribution in [3.8, 4) is 0 Å². The maximum absolute atomic E-state index is 12.6. The summed E-state index contributed by atoms with van der Waals surface area (Å²) in [5, 5.41) is 2.92. The van der Waals surface area contributed by atoms with Crippen LogP contribution in [0.15, 0.2) is 24.3 Å². The van der Waals surface area contributed by atoms with E-state index in [-0.39, 0.29) is 23.8 Å². The smallest absolute Gasteiger partial charge is 0.409 e. The molecule has 0 aromatic heterocycles. The Balaban J connectivity index is 1.48. The van der Waals surface area contributed by atoms with E-state index in [0.717, 1.165) is 18.4 Å². The van der Waals surface area contributed by atoms with E-state index >= 15 is 0 Å². The number of rotatable bonds is 5. The molecule has 7 heteroatoms. The summed E-state index contributed by atoms with van der Waals surface area (Å²) in [7, 11) is 0. The van der Waals surface area contributed by atoms with E-state index in [0.29, 0.717) is 44.9 Å². The first-order valence-corrected chi connectivity index (χ1v) is 9.16. The Bertz CT molecular complexity index is 662. The van der Waals surface area contributed by atoms with Crippen LogP contribution < -0.4 is 5.32 Å². The average molecular weight is 359 g/mol. The first kappa shape index (κ1) is 18.2. The zero-order chi connectivity index (χ0) is 18.5. The van der Waals surface area contributed by atoms with Gasteiger partial charge in [-0.3, -0.25) is 9.59 Å². The molecule has 3 rings (SSSR count). The second kappa shape index (κ2) is 8.21. The lowest BCUT2D eigenvalue weighted by molar-refractivity contribution is -0.122. The highest BCUT2D eigenvalue weighted by Gasteiger charge is 2.29. The van der Waals surface area contributed by atoms with Gasteiger partial charge in [-0.05, 0) is 37.5 Å². The molecular formula is C19H25N3O4. The predicted octanol–water partition coefficient (Wildman–Crippen LogP) is 1.63. The summed E-state index contributed by atoms with van der Waals surface area (Å²) in [5.74, 6) is 0.274. The van der Waals surface area contributed by atoms with Crippen molar-refractivity contribution in [1.82, 2.24) is 15.1 Å². The lowest BCUT2D eigenvalue weighted by Crippen LogP contribution is -2.50. The Morgan fingerprint density at radius 3 is 2.23 bits per heavy atom. The number of hydrogen-bond donors (Lipinski definition) is 1. The van der Waals surface area contributed by atoms with Gasteiger partial charge in [-0.15, -0.1) is 0 Å². The second-order valence-electron chi connectivity index (χ2n) is 6.67. The summed E-state index contributed by atoms with van der Waals surface area (Å²) in [6, 6.07) is 7.32. The number of piperazine rings is 1. The SMILES string of the molecule is CCOC(=O)N1CCN(C(=O)c2ccc(CNC(=O)C3CC3)cc2)CC1. The molecule has 0 radical (unpaired) electrons. The van der Waals surface area contributed by atoms with Crippen molar-refractivity contribution in [2.24, 2.45) is 5.92 Å². The second-order valence-corrected chi connectivity index (χ2v) is 6.67. The molecule has 1 aromatic carbocycles. The summed E-state index contributed by atoms with van der Waals surface area (Å²) >= 11 is 0. The highest BCUT2D eigenvalue weighted by atomic mass is 16.6. The molecule has 1 aliphatic heterocycles. The zero-order valence-electron chi connectivity index (χ0n) is 15.1. The predicted molar refractivity (Wildman–Crippen MR) is 95.5 cm³/mol. The summed E-state index contributed by atoms with van der Waals surface area (Å²) in [4.78, 5) is 39.3. The minimum Gasteiger partial charge on any atom is -0.450 e. The maximum Gasteiger partial charge on any atom is 0.409 e. The Hall–Kier alpha value is -2.57. The number of nitrogens with zero attached hydrogens (tertiary/aromatic N) is 2. The molecule has 1 saturated heterocycles. The minimum atomic E-state index is -0.322. The van der Waals surface area contributed by atoms with E-state index in [9.17, 15) is 14.4 Å². The summed E-state index contributed by atoms with van der Waals surface area (Å²) < 4.78 is 4.99. The molecule has 1 saturated carbocycles. The van der Waals surface area contributed by atoms with E-state index in [1.807, 2.05) is 12.1 Å². The lowest BCUT2D eigenvalue weighted by Gasteiger charge is -2.34. The topological polar surface area (TPSA) is 79.0 Å². The van der Waals surface area contributed by atoms with Gasteiger partial charge >= 0.3 is 6.09 Å². The fraction of sp³-hybridized carbons (Fsp3) is 0.526. The Kier molecular flexibility index (Phi) is 5.75. The quantitative estimate of drug-likeness (QED) is 0.867. The molecule has 2 aliphatic rings. The van der Waals surface area contributed by atoms with Gasteiger partial charge in [0.1, 0.15) is 0 Å². The van der Waals surface area contributed by atoms with E-state index in [4.69, 9.17) is 4.74 Å². The molecule has 7 nitrogen and oxygen atoms in total. The van der Waals surface area contributed by atoms with Gasteiger partial charge in [-0.1, -0.05) is 12.1 Å². The molecule has 1 aromatic rings. The number of amides is 3. The van der Waals surface area contributed by atoms with Crippen molar-refractivity contribution in [1.29, 1.82) is 0 Å². The maximum atomic E-state index is 12.6. The van der Waals surface area contributed by atoms with Crippen molar-refractivity contribution in [3.63, 3.8) is 0 Å². The van der Waals surface area contributed by atoms with Gasteiger partial charge in [0.15, 0.2) is 0 Å². The summed E-state index contributed by atoms with van der Waals surface area (Å²) in [6.45, 7) is 4.57.